The molecule has 2 unspecified atom stereocenters. The number of aryl methyl sites for hydroxylation is 1. The molecule has 1 aliphatic carbocycles. The Kier molecular flexibility index (Phi) is 10.2. The molecule has 1 amide bonds. The number of hydrogen-bond donors (Lipinski definition) is 1. The van der Waals surface area contributed by atoms with E-state index in [0.29, 0.717) is 29.7 Å². The molecular weight excluding hydrogens is 620 g/mol. The topological polar surface area (TPSA) is 110 Å². The fourth-order valence-corrected chi connectivity index (χ4v) is 9.83. The summed E-state index contributed by atoms with van der Waals surface area (Å²) in [6.07, 6.45) is 8.15. The first kappa shape index (κ1) is 33.1. The molecule has 5 rings (SSSR count). The van der Waals surface area contributed by atoms with Gasteiger partial charge in [0.2, 0.25) is 10.0 Å². The van der Waals surface area contributed by atoms with Crippen LogP contribution < -0.4 is 14.4 Å². The van der Waals surface area contributed by atoms with Crippen molar-refractivity contribution < 1.29 is 26.4 Å². The molecule has 1 fully saturated rings. The van der Waals surface area contributed by atoms with Gasteiger partial charge in [-0.1, -0.05) is 31.0 Å². The number of nitrogens with one attached hydrogen (secondary N) is 1. The summed E-state index contributed by atoms with van der Waals surface area (Å²) >= 11 is 6.32. The second-order valence-corrected chi connectivity index (χ2v) is 17.9. The van der Waals surface area contributed by atoms with Crippen molar-refractivity contribution in [3.05, 3.63) is 58.1 Å². The third-order valence-corrected chi connectivity index (χ3v) is 13.2. The van der Waals surface area contributed by atoms with Crippen molar-refractivity contribution in [3.63, 3.8) is 0 Å². The lowest BCUT2D eigenvalue weighted by atomic mass is 9.66. The van der Waals surface area contributed by atoms with Crippen LogP contribution in [0.5, 0.6) is 5.75 Å². The molecule has 2 aromatic rings. The number of amides is 1. The van der Waals surface area contributed by atoms with Gasteiger partial charge >= 0.3 is 0 Å². The molecule has 11 heteroatoms. The van der Waals surface area contributed by atoms with Crippen LogP contribution in [0.2, 0.25) is 5.02 Å². The molecule has 5 atom stereocenters. The van der Waals surface area contributed by atoms with E-state index in [4.69, 9.17) is 16.3 Å². The maximum atomic E-state index is 13.4. The Bertz CT molecular complexity index is 1580. The molecule has 0 aromatic heterocycles. The number of fused-ring (bicyclic) bond motifs is 3. The van der Waals surface area contributed by atoms with Crippen molar-refractivity contribution in [1.82, 2.24) is 4.72 Å². The molecule has 0 saturated heterocycles. The Labute approximate surface area is 267 Å². The summed E-state index contributed by atoms with van der Waals surface area (Å²) in [6, 6.07) is 11.0. The molecule has 2 aromatic carbocycles. The highest BCUT2D eigenvalue weighted by molar-refractivity contribution is 7.90. The number of halogens is 1. The average molecular weight is 665 g/mol. The number of hydrogen-bond acceptors (Lipinski definition) is 7. The molecule has 1 N–H and O–H groups in total. The van der Waals surface area contributed by atoms with E-state index in [1.807, 2.05) is 25.1 Å². The quantitative estimate of drug-likeness (QED) is 0.418. The van der Waals surface area contributed by atoms with Crippen molar-refractivity contribution >= 4 is 43.1 Å². The number of nitrogens with zero attached hydrogens (tertiary/aromatic N) is 1. The minimum absolute atomic E-state index is 0.0284. The van der Waals surface area contributed by atoms with Gasteiger partial charge in [-0.05, 0) is 117 Å². The highest BCUT2D eigenvalue weighted by Gasteiger charge is 2.39. The number of sulfone groups is 1. The van der Waals surface area contributed by atoms with Crippen LogP contribution in [0.1, 0.15) is 80.3 Å². The monoisotopic (exact) mass is 664 g/mol. The van der Waals surface area contributed by atoms with Crippen molar-refractivity contribution in [3.8, 4) is 5.75 Å². The van der Waals surface area contributed by atoms with Gasteiger partial charge in [-0.3, -0.25) is 4.79 Å². The smallest absolute Gasteiger partial charge is 0.264 e. The van der Waals surface area contributed by atoms with Crippen molar-refractivity contribution in [2.75, 3.05) is 30.0 Å². The summed E-state index contributed by atoms with van der Waals surface area (Å²) in [5.74, 6) is 0.546. The van der Waals surface area contributed by atoms with Gasteiger partial charge in [0.1, 0.15) is 22.2 Å². The minimum Gasteiger partial charge on any atom is -0.487 e. The summed E-state index contributed by atoms with van der Waals surface area (Å²) in [5.41, 5.74) is 3.23. The van der Waals surface area contributed by atoms with E-state index in [1.54, 1.807) is 25.1 Å². The first-order valence-electron chi connectivity index (χ1n) is 15.8. The van der Waals surface area contributed by atoms with Crippen LogP contribution in [0.3, 0.4) is 0 Å². The number of carbonyl (C=O) groups is 1. The summed E-state index contributed by atoms with van der Waals surface area (Å²) in [4.78, 5) is 15.6. The van der Waals surface area contributed by atoms with Gasteiger partial charge in [0.25, 0.3) is 5.91 Å². The Morgan fingerprint density at radius 1 is 1.00 bits per heavy atom. The number of ether oxygens (including phenoxy) is 1. The second-order valence-electron chi connectivity index (χ2n) is 13.2. The number of rotatable bonds is 2. The van der Waals surface area contributed by atoms with E-state index in [1.165, 1.54) is 6.26 Å². The second kappa shape index (κ2) is 13.6. The maximum Gasteiger partial charge on any atom is 0.264 e. The molecular formula is C33H45ClN2O6S2. The predicted octanol–water partition coefficient (Wildman–Crippen LogP) is 6.02. The van der Waals surface area contributed by atoms with Crippen LogP contribution in [-0.2, 0) is 32.9 Å². The Balaban J connectivity index is 1.54. The zero-order chi connectivity index (χ0) is 31.6. The van der Waals surface area contributed by atoms with E-state index >= 15 is 0 Å². The molecule has 2 heterocycles. The zero-order valence-corrected chi connectivity index (χ0v) is 28.3. The normalized spacial score (nSPS) is 28.2. The molecule has 2 bridgehead atoms. The molecule has 0 spiro atoms. The molecule has 242 valence electrons. The van der Waals surface area contributed by atoms with Gasteiger partial charge in [0.15, 0.2) is 0 Å². The van der Waals surface area contributed by atoms with E-state index < -0.39 is 31.0 Å². The summed E-state index contributed by atoms with van der Waals surface area (Å²) < 4.78 is 60.3. The summed E-state index contributed by atoms with van der Waals surface area (Å²) in [6.45, 7) is 5.30. The summed E-state index contributed by atoms with van der Waals surface area (Å²) in [7, 11) is -7.12. The van der Waals surface area contributed by atoms with Crippen molar-refractivity contribution in [2.45, 2.75) is 77.1 Å². The van der Waals surface area contributed by atoms with Crippen LogP contribution in [-0.4, -0.2) is 53.1 Å². The molecule has 3 aliphatic rings. The first-order valence-corrected chi connectivity index (χ1v) is 19.8. The van der Waals surface area contributed by atoms with Gasteiger partial charge in [-0.2, -0.15) is 0 Å². The van der Waals surface area contributed by atoms with Crippen molar-refractivity contribution in [2.24, 2.45) is 23.7 Å². The third kappa shape index (κ3) is 7.91. The van der Waals surface area contributed by atoms with Gasteiger partial charge in [0, 0.05) is 29.9 Å². The summed E-state index contributed by atoms with van der Waals surface area (Å²) in [5, 5.41) is -0.0866. The molecule has 1 saturated carbocycles. The number of benzene rings is 2. The van der Waals surface area contributed by atoms with Gasteiger partial charge < -0.3 is 9.64 Å². The first-order chi connectivity index (χ1) is 20.8. The van der Waals surface area contributed by atoms with E-state index in [-0.39, 0.29) is 29.1 Å². The van der Waals surface area contributed by atoms with Gasteiger partial charge in [0.05, 0.1) is 16.7 Å². The molecule has 44 heavy (non-hydrogen) atoms. The fourth-order valence-electron chi connectivity index (χ4n) is 7.14. The Hall–Kier alpha value is -2.30. The van der Waals surface area contributed by atoms with Crippen LogP contribution in [0.25, 0.3) is 0 Å². The number of carbonyl (C=O) groups excluding carboxylic acids is 1. The van der Waals surface area contributed by atoms with E-state index in [9.17, 15) is 21.6 Å². The molecule has 8 nitrogen and oxygen atoms in total. The van der Waals surface area contributed by atoms with E-state index in [0.717, 1.165) is 74.8 Å². The third-order valence-electron chi connectivity index (χ3n) is 10.1. The lowest BCUT2D eigenvalue weighted by Crippen LogP contribution is -2.44. The molecule has 2 aliphatic heterocycles. The van der Waals surface area contributed by atoms with Crippen LogP contribution in [0, 0.1) is 23.7 Å². The number of sulfonamides is 1. The fraction of sp³-hybridized carbons (Fsp3) is 0.606. The Morgan fingerprint density at radius 3 is 2.52 bits per heavy atom. The van der Waals surface area contributed by atoms with Crippen LogP contribution in [0.4, 0.5) is 5.69 Å². The standard InChI is InChI=1S/C33H45ClN2O6S2/c1-22-7-6-9-28(21-43(3,38)39)30-14-11-26(30)19-36-16-5-4-8-24-17-29(34)13-10-27(24)20-42-32-15-12-25(18-31(32)36)33(37)35-44(40,41)23(22)2/h10,12-13,15,17-18,22-23,26,28,30H,4-9,11,14,16,19-21H2,1-3H3,(H,35,37)/t22-,23+,26?,28-,30?/m0/s1. The lowest BCUT2D eigenvalue weighted by molar-refractivity contribution is 0.0980. The highest BCUT2D eigenvalue weighted by atomic mass is 35.5. The van der Waals surface area contributed by atoms with Gasteiger partial charge in [-0.15, -0.1) is 0 Å². The Morgan fingerprint density at radius 2 is 1.80 bits per heavy atom. The predicted molar refractivity (Wildman–Crippen MR) is 176 cm³/mol. The minimum atomic E-state index is -3.94. The van der Waals surface area contributed by atoms with E-state index in [2.05, 4.69) is 9.62 Å². The zero-order valence-electron chi connectivity index (χ0n) is 25.9. The lowest BCUT2D eigenvalue weighted by Gasteiger charge is -2.45. The maximum absolute atomic E-state index is 13.4. The van der Waals surface area contributed by atoms with Crippen LogP contribution in [0.15, 0.2) is 36.4 Å². The van der Waals surface area contributed by atoms with Crippen LogP contribution >= 0.6 is 11.6 Å². The highest BCUT2D eigenvalue weighted by Crippen LogP contribution is 2.44. The van der Waals surface area contributed by atoms with Crippen molar-refractivity contribution in [1.29, 1.82) is 0 Å². The molecule has 0 radical (unpaired) electrons. The van der Waals surface area contributed by atoms with Gasteiger partial charge in [-0.25, -0.2) is 21.6 Å². The largest absolute Gasteiger partial charge is 0.487 e. The SMILES string of the molecule is C[C@@H]1[C@@H](C)CCC[C@@H](CS(C)(=O)=O)C2CCC2CN2CCCCc3cc(Cl)ccc3COc3ccc(cc32)C(=O)NS1(=O)=O. The average Bonchev–Trinajstić information content (AvgIpc) is 2.96. The number of anilines is 1.